The molecule has 0 aliphatic rings. The molecule has 0 unspecified atom stereocenters. The van der Waals surface area contributed by atoms with Crippen molar-refractivity contribution >= 4 is 11.4 Å². The molecular weight excluding hydrogens is 244 g/mol. The molecule has 0 heterocycles. The highest BCUT2D eigenvalue weighted by Gasteiger charge is 2.17. The molecule has 0 aliphatic carbocycles. The fourth-order valence-electron chi connectivity index (χ4n) is 1.63. The normalized spacial score (nSPS) is 10.8. The van der Waals surface area contributed by atoms with Crippen molar-refractivity contribution in [2.24, 2.45) is 5.28 Å². The first-order valence-corrected chi connectivity index (χ1v) is 5.42. The van der Waals surface area contributed by atoms with E-state index in [1.165, 1.54) is 0 Å². The Morgan fingerprint density at radius 2 is 1.58 bits per heavy atom. The summed E-state index contributed by atoms with van der Waals surface area (Å²) in [5.41, 5.74) is 1.41. The first-order valence-electron chi connectivity index (χ1n) is 5.42. The van der Waals surface area contributed by atoms with E-state index in [-0.39, 0.29) is 4.97 Å². The minimum absolute atomic E-state index is 0.0449. The number of hydrazine groups is 1. The maximum Gasteiger partial charge on any atom is 0.109 e. The van der Waals surface area contributed by atoms with E-state index >= 15 is 0 Å². The zero-order valence-electron chi connectivity index (χ0n) is 9.80. The van der Waals surface area contributed by atoms with E-state index in [0.717, 1.165) is 5.01 Å². The first-order chi connectivity index (χ1) is 9.26. The minimum Gasteiger partial charge on any atom is -0.737 e. The summed E-state index contributed by atoms with van der Waals surface area (Å²) in [6.07, 6.45) is 0. The van der Waals surface area contributed by atoms with Gasteiger partial charge >= 0.3 is 0 Å². The maximum atomic E-state index is 11.6. The maximum absolute atomic E-state index is 11.6. The standard InChI is InChI=1S/C13H10N4O2/c14-10-11-6-8-13(9-7-11)16(17(19)15-18)12-4-2-1-3-5-12/h1-9,18H/p-1/b17-15-. The van der Waals surface area contributed by atoms with Crippen molar-refractivity contribution < 1.29 is 4.97 Å². The summed E-state index contributed by atoms with van der Waals surface area (Å²) < 4.78 is 0. The molecule has 19 heavy (non-hydrogen) atoms. The summed E-state index contributed by atoms with van der Waals surface area (Å²) in [6.45, 7) is 0. The minimum atomic E-state index is -0.0449. The van der Waals surface area contributed by atoms with Crippen molar-refractivity contribution in [2.45, 2.75) is 0 Å². The zero-order chi connectivity index (χ0) is 13.7. The van der Waals surface area contributed by atoms with Crippen LogP contribution in [0.5, 0.6) is 0 Å². The summed E-state index contributed by atoms with van der Waals surface area (Å²) in [5.74, 6) is 0. The zero-order valence-corrected chi connectivity index (χ0v) is 9.80. The first kappa shape index (κ1) is 12.4. The smallest absolute Gasteiger partial charge is 0.109 e. The van der Waals surface area contributed by atoms with Crippen LogP contribution in [0.25, 0.3) is 0 Å². The van der Waals surface area contributed by atoms with E-state index in [0.29, 0.717) is 16.9 Å². The van der Waals surface area contributed by atoms with E-state index in [9.17, 15) is 10.4 Å². The SMILES string of the molecule is N#Cc1ccc(N(c2ccccc2)/[N+]([O-])=N/[O-])cc1. The van der Waals surface area contributed by atoms with Gasteiger partial charge in [-0.2, -0.15) is 5.26 Å². The summed E-state index contributed by atoms with van der Waals surface area (Å²) in [4.78, 5) is -0.0449. The summed E-state index contributed by atoms with van der Waals surface area (Å²) in [5, 5.41) is 34.3. The largest absolute Gasteiger partial charge is 0.737 e. The van der Waals surface area contributed by atoms with Crippen molar-refractivity contribution in [2.75, 3.05) is 5.01 Å². The number of hydrogen-bond acceptors (Lipinski definition) is 4. The van der Waals surface area contributed by atoms with Gasteiger partial charge in [-0.1, -0.05) is 23.2 Å². The topological polar surface area (TPSA) is 88.5 Å². The van der Waals surface area contributed by atoms with Crippen LogP contribution in [0, 0.1) is 21.7 Å². The molecule has 0 N–H and O–H groups in total. The monoisotopic (exact) mass is 253 g/mol. The molecular formula is C13H9N4O2-. The van der Waals surface area contributed by atoms with E-state index in [1.807, 2.05) is 6.07 Å². The van der Waals surface area contributed by atoms with Gasteiger partial charge in [-0.25, -0.2) is 0 Å². The molecule has 0 bridgehead atoms. The Balaban J connectivity index is 2.47. The van der Waals surface area contributed by atoms with Crippen LogP contribution < -0.4 is 5.01 Å². The Kier molecular flexibility index (Phi) is 3.59. The summed E-state index contributed by atoms with van der Waals surface area (Å²) in [7, 11) is 0. The molecule has 2 aromatic carbocycles. The lowest BCUT2D eigenvalue weighted by Gasteiger charge is -2.19. The molecule has 6 nitrogen and oxygen atoms in total. The second-order valence-corrected chi connectivity index (χ2v) is 3.64. The predicted molar refractivity (Wildman–Crippen MR) is 69.2 cm³/mol. The Morgan fingerprint density at radius 1 is 1.00 bits per heavy atom. The Labute approximate surface area is 109 Å². The molecule has 6 heteroatoms. The van der Waals surface area contributed by atoms with Gasteiger partial charge in [-0.3, -0.25) is 0 Å². The average Bonchev–Trinajstić information content (AvgIpc) is 2.49. The molecule has 0 fully saturated rings. The Morgan fingerprint density at radius 3 is 2.11 bits per heavy atom. The van der Waals surface area contributed by atoms with Crippen LogP contribution in [-0.4, -0.2) is 4.97 Å². The van der Waals surface area contributed by atoms with Gasteiger partial charge < -0.3 is 10.4 Å². The molecule has 0 atom stereocenters. The molecule has 0 spiro atoms. The molecule has 94 valence electrons. The number of hydrogen-bond donors (Lipinski definition) is 0. The molecule has 0 aliphatic heterocycles. The van der Waals surface area contributed by atoms with Crippen molar-refractivity contribution in [1.29, 1.82) is 5.26 Å². The third-order valence-corrected chi connectivity index (χ3v) is 2.48. The fraction of sp³-hybridized carbons (Fsp3) is 0. The number of anilines is 2. The number of benzene rings is 2. The van der Waals surface area contributed by atoms with Crippen LogP contribution >= 0.6 is 0 Å². The van der Waals surface area contributed by atoms with Gasteiger partial charge in [0.25, 0.3) is 0 Å². The van der Waals surface area contributed by atoms with E-state index in [1.54, 1.807) is 54.6 Å². The molecule has 2 rings (SSSR count). The van der Waals surface area contributed by atoms with E-state index < -0.39 is 0 Å². The van der Waals surface area contributed by atoms with Gasteiger partial charge in [0, 0.05) is 4.97 Å². The van der Waals surface area contributed by atoms with Crippen LogP contribution in [0.4, 0.5) is 11.4 Å². The van der Waals surface area contributed by atoms with Gasteiger partial charge in [-0.05, 0) is 41.7 Å². The number of nitriles is 1. The predicted octanol–water partition coefficient (Wildman–Crippen LogP) is 3.07. The molecule has 0 amide bonds. The third kappa shape index (κ3) is 2.61. The molecule has 0 saturated carbocycles. The number of rotatable bonds is 3. The lowest BCUT2D eigenvalue weighted by Crippen LogP contribution is -2.24. The van der Waals surface area contributed by atoms with Gasteiger partial charge in [0.15, 0.2) is 0 Å². The highest BCUT2D eigenvalue weighted by Crippen LogP contribution is 2.25. The van der Waals surface area contributed by atoms with Gasteiger partial charge in [-0.15, -0.1) is 0 Å². The second-order valence-electron chi connectivity index (χ2n) is 3.64. The number of para-hydroxylation sites is 1. The average molecular weight is 253 g/mol. The van der Waals surface area contributed by atoms with Gasteiger partial charge in [0.05, 0.1) is 11.6 Å². The Bertz CT molecular complexity index is 617. The third-order valence-electron chi connectivity index (χ3n) is 2.48. The lowest BCUT2D eigenvalue weighted by atomic mass is 10.2. The molecule has 0 aromatic heterocycles. The summed E-state index contributed by atoms with van der Waals surface area (Å²) >= 11 is 0. The van der Waals surface area contributed by atoms with Crippen molar-refractivity contribution in [3.05, 3.63) is 70.6 Å². The fourth-order valence-corrected chi connectivity index (χ4v) is 1.63. The van der Waals surface area contributed by atoms with Crippen molar-refractivity contribution in [3.8, 4) is 6.07 Å². The van der Waals surface area contributed by atoms with Crippen LogP contribution in [0.1, 0.15) is 5.56 Å². The summed E-state index contributed by atoms with van der Waals surface area (Å²) in [6, 6.07) is 16.9. The van der Waals surface area contributed by atoms with Crippen LogP contribution in [0.2, 0.25) is 0 Å². The molecule has 0 radical (unpaired) electrons. The van der Waals surface area contributed by atoms with Gasteiger partial charge in [0.2, 0.25) is 0 Å². The quantitative estimate of drug-likeness (QED) is 0.477. The van der Waals surface area contributed by atoms with Crippen LogP contribution in [-0.2, 0) is 0 Å². The van der Waals surface area contributed by atoms with Crippen LogP contribution in [0.15, 0.2) is 59.9 Å². The molecule has 2 aromatic rings. The molecule has 0 saturated heterocycles. The van der Waals surface area contributed by atoms with Gasteiger partial charge in [0.1, 0.15) is 11.4 Å². The highest BCUT2D eigenvalue weighted by atomic mass is 16.6. The van der Waals surface area contributed by atoms with E-state index in [4.69, 9.17) is 5.26 Å². The lowest BCUT2D eigenvalue weighted by molar-refractivity contribution is -0.529. The van der Waals surface area contributed by atoms with E-state index in [2.05, 4.69) is 5.28 Å². The second kappa shape index (κ2) is 5.51. The van der Waals surface area contributed by atoms with Crippen LogP contribution in [0.3, 0.4) is 0 Å². The van der Waals surface area contributed by atoms with Crippen molar-refractivity contribution in [3.63, 3.8) is 0 Å². The van der Waals surface area contributed by atoms with Crippen molar-refractivity contribution in [1.82, 2.24) is 0 Å². The number of nitrogens with zero attached hydrogens (tertiary/aromatic N) is 4. The highest BCUT2D eigenvalue weighted by molar-refractivity contribution is 5.60. The Hall–Kier alpha value is -3.07.